The Hall–Kier alpha value is -2.62. The molecule has 0 radical (unpaired) electrons. The maximum absolute atomic E-state index is 12.5. The van der Waals surface area contributed by atoms with E-state index in [0.717, 1.165) is 16.9 Å². The van der Waals surface area contributed by atoms with E-state index >= 15 is 0 Å². The number of halogens is 3. The zero-order chi connectivity index (χ0) is 21.7. The van der Waals surface area contributed by atoms with Crippen LogP contribution in [0.3, 0.4) is 0 Å². The molecule has 0 atom stereocenters. The van der Waals surface area contributed by atoms with Crippen LogP contribution in [0.5, 0.6) is 0 Å². The maximum Gasteiger partial charge on any atom is 0.422 e. The molecule has 0 saturated carbocycles. The molecule has 10 heteroatoms. The second-order valence-corrected chi connectivity index (χ2v) is 8.33. The highest BCUT2D eigenvalue weighted by Crippen LogP contribution is 2.25. The van der Waals surface area contributed by atoms with Crippen LogP contribution in [-0.2, 0) is 16.0 Å². The molecule has 2 aromatic rings. The monoisotopic (exact) mass is 441 g/mol. The minimum Gasteiger partial charge on any atom is -0.440 e. The minimum absolute atomic E-state index is 0.172. The molecule has 3 rings (SSSR count). The SMILES string of the molecule is Cc1ccc(Cc2cnc(NC(=O)C3CCN(C(=O)OCC(F)(F)F)CC3)s2)cc1. The van der Waals surface area contributed by atoms with E-state index in [1.807, 2.05) is 19.1 Å². The van der Waals surface area contributed by atoms with E-state index < -0.39 is 18.9 Å². The molecule has 2 amide bonds. The molecule has 1 aliphatic rings. The number of hydrogen-bond acceptors (Lipinski definition) is 5. The van der Waals surface area contributed by atoms with Gasteiger partial charge < -0.3 is 15.0 Å². The lowest BCUT2D eigenvalue weighted by molar-refractivity contribution is -0.162. The van der Waals surface area contributed by atoms with Gasteiger partial charge in [0.25, 0.3) is 0 Å². The molecule has 1 aromatic heterocycles. The summed E-state index contributed by atoms with van der Waals surface area (Å²) in [5.74, 6) is -0.532. The smallest absolute Gasteiger partial charge is 0.422 e. The number of aromatic nitrogens is 1. The van der Waals surface area contributed by atoms with Gasteiger partial charge in [-0.25, -0.2) is 9.78 Å². The highest BCUT2D eigenvalue weighted by molar-refractivity contribution is 7.15. The topological polar surface area (TPSA) is 71.5 Å². The molecular weight excluding hydrogens is 419 g/mol. The number of hydrogen-bond donors (Lipinski definition) is 1. The van der Waals surface area contributed by atoms with Gasteiger partial charge in [0.1, 0.15) is 0 Å². The fourth-order valence-corrected chi connectivity index (χ4v) is 3.97. The van der Waals surface area contributed by atoms with Gasteiger partial charge in [0.05, 0.1) is 0 Å². The standard InChI is InChI=1S/C20H22F3N3O3S/c1-13-2-4-14(5-3-13)10-16-11-24-18(30-16)25-17(27)15-6-8-26(9-7-15)19(28)29-12-20(21,22)23/h2-5,11,15H,6-10,12H2,1H3,(H,24,25,27). The number of anilines is 1. The number of carbonyl (C=O) groups is 2. The van der Waals surface area contributed by atoms with E-state index in [9.17, 15) is 22.8 Å². The van der Waals surface area contributed by atoms with Gasteiger partial charge in [-0.3, -0.25) is 4.79 Å². The van der Waals surface area contributed by atoms with Crippen LogP contribution in [0.15, 0.2) is 30.5 Å². The van der Waals surface area contributed by atoms with E-state index in [4.69, 9.17) is 0 Å². The summed E-state index contributed by atoms with van der Waals surface area (Å²) in [6, 6.07) is 8.20. The van der Waals surface area contributed by atoms with E-state index in [-0.39, 0.29) is 24.9 Å². The number of aryl methyl sites for hydroxylation is 1. The number of ether oxygens (including phenoxy) is 1. The molecule has 1 aliphatic heterocycles. The third kappa shape index (κ3) is 6.45. The Morgan fingerprint density at radius 1 is 1.23 bits per heavy atom. The molecule has 2 heterocycles. The van der Waals surface area contributed by atoms with Crippen molar-refractivity contribution in [3.63, 3.8) is 0 Å². The quantitative estimate of drug-likeness (QED) is 0.747. The number of nitrogens with zero attached hydrogens (tertiary/aromatic N) is 2. The molecule has 1 fully saturated rings. The predicted molar refractivity (Wildman–Crippen MR) is 106 cm³/mol. The van der Waals surface area contributed by atoms with Crippen molar-refractivity contribution in [2.75, 3.05) is 25.0 Å². The maximum atomic E-state index is 12.5. The molecule has 1 N–H and O–H groups in total. The van der Waals surface area contributed by atoms with Gasteiger partial charge in [-0.2, -0.15) is 13.2 Å². The average molecular weight is 441 g/mol. The number of alkyl halides is 3. The largest absolute Gasteiger partial charge is 0.440 e. The molecule has 1 saturated heterocycles. The molecule has 30 heavy (non-hydrogen) atoms. The predicted octanol–water partition coefficient (Wildman–Crippen LogP) is 4.39. The van der Waals surface area contributed by atoms with Gasteiger partial charge in [-0.1, -0.05) is 29.8 Å². The lowest BCUT2D eigenvalue weighted by Crippen LogP contribution is -2.42. The average Bonchev–Trinajstić information content (AvgIpc) is 3.14. The summed E-state index contributed by atoms with van der Waals surface area (Å²) < 4.78 is 40.7. The van der Waals surface area contributed by atoms with Gasteiger partial charge in [-0.05, 0) is 25.3 Å². The molecule has 0 bridgehead atoms. The fraction of sp³-hybridized carbons (Fsp3) is 0.450. The first-order chi connectivity index (χ1) is 14.2. The molecule has 1 aromatic carbocycles. The number of carbonyl (C=O) groups excluding carboxylic acids is 2. The summed E-state index contributed by atoms with van der Waals surface area (Å²) >= 11 is 1.40. The summed E-state index contributed by atoms with van der Waals surface area (Å²) in [6.45, 7) is 0.762. The summed E-state index contributed by atoms with van der Waals surface area (Å²) in [5, 5.41) is 3.31. The van der Waals surface area contributed by atoms with Crippen LogP contribution in [0.4, 0.5) is 23.1 Å². The van der Waals surface area contributed by atoms with Crippen LogP contribution in [0.1, 0.15) is 28.8 Å². The normalized spacial score (nSPS) is 15.1. The lowest BCUT2D eigenvalue weighted by atomic mass is 9.96. The summed E-state index contributed by atoms with van der Waals surface area (Å²) in [7, 11) is 0. The van der Waals surface area contributed by atoms with Crippen LogP contribution in [0.2, 0.25) is 0 Å². The molecule has 0 unspecified atom stereocenters. The Labute approximate surface area is 176 Å². The molecule has 0 aliphatic carbocycles. The Morgan fingerprint density at radius 3 is 2.53 bits per heavy atom. The van der Waals surface area contributed by atoms with Crippen molar-refractivity contribution in [3.05, 3.63) is 46.5 Å². The number of amides is 2. The van der Waals surface area contributed by atoms with E-state index in [2.05, 4.69) is 27.2 Å². The van der Waals surface area contributed by atoms with Crippen LogP contribution < -0.4 is 5.32 Å². The zero-order valence-electron chi connectivity index (χ0n) is 16.4. The Bertz CT molecular complexity index is 875. The molecule has 6 nitrogen and oxygen atoms in total. The second kappa shape index (κ2) is 9.46. The molecule has 0 spiro atoms. The van der Waals surface area contributed by atoms with Gasteiger partial charge in [0.15, 0.2) is 11.7 Å². The van der Waals surface area contributed by atoms with Crippen LogP contribution >= 0.6 is 11.3 Å². The van der Waals surface area contributed by atoms with Gasteiger partial charge in [-0.15, -0.1) is 11.3 Å². The minimum atomic E-state index is -4.56. The van der Waals surface area contributed by atoms with E-state index in [0.29, 0.717) is 18.0 Å². The highest BCUT2D eigenvalue weighted by Gasteiger charge is 2.33. The van der Waals surface area contributed by atoms with Crippen molar-refractivity contribution in [2.24, 2.45) is 5.92 Å². The third-order valence-electron chi connectivity index (χ3n) is 4.77. The number of nitrogens with one attached hydrogen (secondary N) is 1. The fourth-order valence-electron chi connectivity index (χ4n) is 3.12. The number of thiazole rings is 1. The number of benzene rings is 1. The number of likely N-dealkylation sites (tertiary alicyclic amines) is 1. The summed E-state index contributed by atoms with van der Waals surface area (Å²) in [4.78, 5) is 30.6. The second-order valence-electron chi connectivity index (χ2n) is 7.21. The summed E-state index contributed by atoms with van der Waals surface area (Å²) in [5.41, 5.74) is 2.35. The number of piperidine rings is 1. The van der Waals surface area contributed by atoms with Crippen molar-refractivity contribution in [1.29, 1.82) is 0 Å². The first kappa shape index (κ1) is 22.1. The Morgan fingerprint density at radius 2 is 1.90 bits per heavy atom. The van der Waals surface area contributed by atoms with Crippen LogP contribution in [0.25, 0.3) is 0 Å². The van der Waals surface area contributed by atoms with Crippen LogP contribution in [-0.4, -0.2) is 47.8 Å². The van der Waals surface area contributed by atoms with Gasteiger partial charge in [0.2, 0.25) is 5.91 Å². The van der Waals surface area contributed by atoms with Crippen LogP contribution in [0, 0.1) is 12.8 Å². The number of rotatable bonds is 5. The molecule has 162 valence electrons. The van der Waals surface area contributed by atoms with Crippen molar-refractivity contribution >= 4 is 28.5 Å². The summed E-state index contributed by atoms with van der Waals surface area (Å²) in [6.07, 6.45) is -2.39. The third-order valence-corrected chi connectivity index (χ3v) is 5.68. The van der Waals surface area contributed by atoms with Crippen molar-refractivity contribution < 1.29 is 27.5 Å². The first-order valence-electron chi connectivity index (χ1n) is 9.49. The van der Waals surface area contributed by atoms with Gasteiger partial charge >= 0.3 is 12.3 Å². The van der Waals surface area contributed by atoms with Crippen molar-refractivity contribution in [3.8, 4) is 0 Å². The Balaban J connectivity index is 1.45. The molecular formula is C20H22F3N3O3S. The van der Waals surface area contributed by atoms with Crippen molar-refractivity contribution in [1.82, 2.24) is 9.88 Å². The highest BCUT2D eigenvalue weighted by atomic mass is 32.1. The van der Waals surface area contributed by atoms with Gasteiger partial charge in [0, 0.05) is 36.5 Å². The zero-order valence-corrected chi connectivity index (χ0v) is 17.2. The van der Waals surface area contributed by atoms with E-state index in [1.54, 1.807) is 6.20 Å². The van der Waals surface area contributed by atoms with E-state index in [1.165, 1.54) is 21.8 Å². The first-order valence-corrected chi connectivity index (χ1v) is 10.3. The van der Waals surface area contributed by atoms with Crippen molar-refractivity contribution in [2.45, 2.75) is 32.4 Å². The lowest BCUT2D eigenvalue weighted by Gasteiger charge is -2.30. The Kier molecular flexibility index (Phi) is 6.96.